The van der Waals surface area contributed by atoms with E-state index >= 15 is 0 Å². The fourth-order valence-electron chi connectivity index (χ4n) is 3.65. The standard InChI is InChI=1S/C21H19BrFN3O3S/c1-30(28,29)8-2-7-25-17(10-14-9-15(22)3-5-19(14)25)13-26-20-6-4-16(23)11-18(20)24-12-21(26)27/h3-6,9-12H,2,7-8,13H2,1H3. The first-order valence-corrected chi connectivity index (χ1v) is 12.2. The molecule has 0 unspecified atom stereocenters. The van der Waals surface area contributed by atoms with Crippen LogP contribution < -0.4 is 5.56 Å². The molecule has 0 aliphatic heterocycles. The van der Waals surface area contributed by atoms with Gasteiger partial charge in [0.15, 0.2) is 0 Å². The molecule has 0 fully saturated rings. The van der Waals surface area contributed by atoms with Crippen molar-refractivity contribution in [2.24, 2.45) is 0 Å². The molecule has 0 atom stereocenters. The maximum absolute atomic E-state index is 13.6. The van der Waals surface area contributed by atoms with Crippen molar-refractivity contribution in [2.75, 3.05) is 12.0 Å². The van der Waals surface area contributed by atoms with Crippen LogP contribution in [0.1, 0.15) is 12.1 Å². The highest BCUT2D eigenvalue weighted by Crippen LogP contribution is 2.25. The van der Waals surface area contributed by atoms with Gasteiger partial charge in [0.1, 0.15) is 15.7 Å². The second-order valence-electron chi connectivity index (χ2n) is 7.29. The third-order valence-electron chi connectivity index (χ3n) is 4.97. The van der Waals surface area contributed by atoms with Crippen LogP contribution in [0.15, 0.2) is 57.9 Å². The van der Waals surface area contributed by atoms with E-state index in [2.05, 4.69) is 20.9 Å². The molecule has 0 saturated heterocycles. The van der Waals surface area contributed by atoms with E-state index < -0.39 is 15.7 Å². The molecular weight excluding hydrogens is 473 g/mol. The Morgan fingerprint density at radius 1 is 1.07 bits per heavy atom. The molecule has 30 heavy (non-hydrogen) atoms. The van der Waals surface area contributed by atoms with Crippen molar-refractivity contribution in [1.82, 2.24) is 14.1 Å². The SMILES string of the molecule is CS(=O)(=O)CCCn1c(Cn2c(=O)cnc3cc(F)ccc32)cc2cc(Br)ccc21. The molecule has 2 heterocycles. The van der Waals surface area contributed by atoms with Gasteiger partial charge >= 0.3 is 0 Å². The first-order valence-electron chi connectivity index (χ1n) is 9.32. The molecule has 0 aliphatic rings. The lowest BCUT2D eigenvalue weighted by Gasteiger charge is -2.14. The average molecular weight is 492 g/mol. The summed E-state index contributed by atoms with van der Waals surface area (Å²) in [5, 5.41) is 0.983. The minimum absolute atomic E-state index is 0.0834. The van der Waals surface area contributed by atoms with E-state index in [1.807, 2.05) is 28.8 Å². The third kappa shape index (κ3) is 4.32. The van der Waals surface area contributed by atoms with E-state index in [1.165, 1.54) is 24.6 Å². The molecule has 2 aromatic heterocycles. The summed E-state index contributed by atoms with van der Waals surface area (Å²) in [5.41, 5.74) is 2.47. The predicted octanol–water partition coefficient (Wildman–Crippen LogP) is 3.74. The molecule has 4 rings (SSSR count). The highest BCUT2D eigenvalue weighted by atomic mass is 79.9. The summed E-state index contributed by atoms with van der Waals surface area (Å²) in [6.45, 7) is 0.759. The zero-order chi connectivity index (χ0) is 21.5. The number of benzene rings is 2. The van der Waals surface area contributed by atoms with Crippen LogP contribution in [0, 0.1) is 5.82 Å². The molecule has 0 saturated carbocycles. The first-order chi connectivity index (χ1) is 14.2. The van der Waals surface area contributed by atoms with Gasteiger partial charge in [0.05, 0.1) is 29.5 Å². The van der Waals surface area contributed by atoms with E-state index in [9.17, 15) is 17.6 Å². The molecule has 6 nitrogen and oxygen atoms in total. The number of halogens is 2. The number of sulfone groups is 1. The number of rotatable bonds is 6. The van der Waals surface area contributed by atoms with E-state index in [0.29, 0.717) is 24.0 Å². The highest BCUT2D eigenvalue weighted by Gasteiger charge is 2.14. The summed E-state index contributed by atoms with van der Waals surface area (Å²) >= 11 is 3.48. The van der Waals surface area contributed by atoms with Crippen LogP contribution in [0.3, 0.4) is 0 Å². The van der Waals surface area contributed by atoms with E-state index in [0.717, 1.165) is 21.1 Å². The molecule has 0 radical (unpaired) electrons. The Labute approximate surface area is 181 Å². The van der Waals surface area contributed by atoms with Gasteiger partial charge in [0.25, 0.3) is 5.56 Å². The van der Waals surface area contributed by atoms with Gasteiger partial charge < -0.3 is 4.57 Å². The monoisotopic (exact) mass is 491 g/mol. The molecule has 0 N–H and O–H groups in total. The fourth-order valence-corrected chi connectivity index (χ4v) is 4.68. The Balaban J connectivity index is 1.81. The van der Waals surface area contributed by atoms with Gasteiger partial charge in [-0.3, -0.25) is 9.36 Å². The maximum Gasteiger partial charge on any atom is 0.269 e. The van der Waals surface area contributed by atoms with Crippen LogP contribution in [0.2, 0.25) is 0 Å². The Morgan fingerprint density at radius 3 is 2.60 bits per heavy atom. The first kappa shape index (κ1) is 20.7. The van der Waals surface area contributed by atoms with E-state index in [1.54, 1.807) is 10.6 Å². The van der Waals surface area contributed by atoms with Gasteiger partial charge in [-0.2, -0.15) is 0 Å². The molecule has 2 aromatic carbocycles. The second-order valence-corrected chi connectivity index (χ2v) is 10.5. The molecule has 9 heteroatoms. The van der Waals surface area contributed by atoms with Gasteiger partial charge in [-0.15, -0.1) is 0 Å². The summed E-state index contributed by atoms with van der Waals surface area (Å²) < 4.78 is 41.2. The number of aromatic nitrogens is 3. The summed E-state index contributed by atoms with van der Waals surface area (Å²) in [5.74, 6) is -0.333. The van der Waals surface area contributed by atoms with Gasteiger partial charge in [0.2, 0.25) is 0 Å². The summed E-state index contributed by atoms with van der Waals surface area (Å²) in [6.07, 6.45) is 2.87. The largest absolute Gasteiger partial charge is 0.343 e. The minimum atomic E-state index is -3.07. The van der Waals surface area contributed by atoms with Crippen molar-refractivity contribution in [3.8, 4) is 0 Å². The number of nitrogens with zero attached hydrogens (tertiary/aromatic N) is 3. The molecule has 0 spiro atoms. The van der Waals surface area contributed by atoms with Crippen LogP contribution >= 0.6 is 15.9 Å². The molecule has 0 amide bonds. The van der Waals surface area contributed by atoms with Gasteiger partial charge in [-0.1, -0.05) is 15.9 Å². The van der Waals surface area contributed by atoms with Crippen molar-refractivity contribution < 1.29 is 12.8 Å². The molecular formula is C21H19BrFN3O3S. The fraction of sp³-hybridized carbons (Fsp3) is 0.238. The van der Waals surface area contributed by atoms with Crippen LogP contribution in [0.5, 0.6) is 0 Å². The van der Waals surface area contributed by atoms with Crippen molar-refractivity contribution >= 4 is 47.7 Å². The average Bonchev–Trinajstić information content (AvgIpc) is 2.99. The molecule has 4 aromatic rings. The third-order valence-corrected chi connectivity index (χ3v) is 6.50. The zero-order valence-electron chi connectivity index (χ0n) is 16.2. The number of fused-ring (bicyclic) bond motifs is 2. The van der Waals surface area contributed by atoms with Gasteiger partial charge in [-0.25, -0.2) is 17.8 Å². The Hall–Kier alpha value is -2.52. The van der Waals surface area contributed by atoms with Crippen molar-refractivity contribution in [3.63, 3.8) is 0 Å². The van der Waals surface area contributed by atoms with Gasteiger partial charge in [0, 0.05) is 39.9 Å². The molecule has 156 valence electrons. The van der Waals surface area contributed by atoms with Crippen molar-refractivity contribution in [2.45, 2.75) is 19.5 Å². The smallest absolute Gasteiger partial charge is 0.269 e. The topological polar surface area (TPSA) is 74.0 Å². The lowest BCUT2D eigenvalue weighted by Crippen LogP contribution is -2.22. The van der Waals surface area contributed by atoms with Gasteiger partial charge in [-0.05, 0) is 42.8 Å². The number of hydrogen-bond donors (Lipinski definition) is 0. The lowest BCUT2D eigenvalue weighted by atomic mass is 10.2. The van der Waals surface area contributed by atoms with Crippen molar-refractivity contribution in [1.29, 1.82) is 0 Å². The van der Waals surface area contributed by atoms with E-state index in [-0.39, 0.29) is 17.9 Å². The Morgan fingerprint density at radius 2 is 1.83 bits per heavy atom. The Kier molecular flexibility index (Phi) is 5.50. The van der Waals surface area contributed by atoms with Crippen LogP contribution in [-0.4, -0.2) is 34.5 Å². The maximum atomic E-state index is 13.6. The molecule has 0 bridgehead atoms. The zero-order valence-corrected chi connectivity index (χ0v) is 18.6. The number of hydrogen-bond acceptors (Lipinski definition) is 4. The minimum Gasteiger partial charge on any atom is -0.343 e. The summed E-state index contributed by atoms with van der Waals surface area (Å²) in [7, 11) is -3.07. The lowest BCUT2D eigenvalue weighted by molar-refractivity contribution is 0.589. The van der Waals surface area contributed by atoms with Crippen molar-refractivity contribution in [3.05, 3.63) is 75.0 Å². The summed E-state index contributed by atoms with van der Waals surface area (Å²) in [6, 6.07) is 12.0. The quantitative estimate of drug-likeness (QED) is 0.411. The second kappa shape index (κ2) is 7.96. The van der Waals surface area contributed by atoms with Crippen LogP contribution in [-0.2, 0) is 22.9 Å². The van der Waals surface area contributed by atoms with Crippen LogP contribution in [0.4, 0.5) is 4.39 Å². The van der Waals surface area contributed by atoms with Crippen LogP contribution in [0.25, 0.3) is 21.9 Å². The summed E-state index contributed by atoms with van der Waals surface area (Å²) in [4.78, 5) is 16.6. The number of aryl methyl sites for hydroxylation is 1. The highest BCUT2D eigenvalue weighted by molar-refractivity contribution is 9.10. The predicted molar refractivity (Wildman–Crippen MR) is 119 cm³/mol. The van der Waals surface area contributed by atoms with E-state index in [4.69, 9.17) is 0 Å². The molecule has 0 aliphatic carbocycles. The Bertz CT molecular complexity index is 1430. The normalized spacial score (nSPS) is 12.1.